The van der Waals surface area contributed by atoms with Crippen LogP contribution in [0, 0.1) is 0 Å². The van der Waals surface area contributed by atoms with Gasteiger partial charge in [-0.2, -0.15) is 15.3 Å². The van der Waals surface area contributed by atoms with Crippen LogP contribution >= 0.6 is 7.92 Å². The molecule has 0 saturated heterocycles. The lowest BCUT2D eigenvalue weighted by molar-refractivity contribution is 0.436. The van der Waals surface area contributed by atoms with Gasteiger partial charge in [0, 0.05) is 68.5 Å². The standard InChI is InChI=1S/C45H69N6P/c1-7-19-31(20-8-1)37-43(38(47-46-37)32-21-9-2-10-22-32)52(44-39(33-23-11-3-12-24-33)48-49-40(44)34-25-13-4-14-26-34)45-41(35-27-15-5-16-28-35)50-51-42(45)36-29-17-6-18-30-36/h31-36H,1-30H2,(H,46,47)(H,48,49)(H,50,51). The SMILES string of the molecule is C1CCC(c2n[nH]c(C3CCCCC3)c2P(c2c(C3CCCCC3)n[nH]c2C2CCCCC2)c2c(C3CCCCC3)n[nH]c2C2CCCCC2)CC1. The van der Waals surface area contributed by atoms with E-state index in [9.17, 15) is 0 Å². The topological polar surface area (TPSA) is 86.0 Å². The van der Waals surface area contributed by atoms with Crippen molar-refractivity contribution in [3.05, 3.63) is 34.2 Å². The molecule has 0 unspecified atom stereocenters. The summed E-state index contributed by atoms with van der Waals surface area (Å²) in [6.07, 6.45) is 40.3. The van der Waals surface area contributed by atoms with Gasteiger partial charge < -0.3 is 0 Å². The Balaban J connectivity index is 1.32. The van der Waals surface area contributed by atoms with E-state index in [1.807, 2.05) is 0 Å². The third-order valence-electron chi connectivity index (χ3n) is 15.1. The van der Waals surface area contributed by atoms with Gasteiger partial charge in [0.25, 0.3) is 0 Å². The number of rotatable bonds is 9. The Morgan fingerprint density at radius 3 is 0.731 bits per heavy atom. The molecule has 0 amide bonds. The van der Waals surface area contributed by atoms with E-state index in [4.69, 9.17) is 15.3 Å². The Bertz CT molecular complexity index is 1270. The average molecular weight is 725 g/mol. The zero-order valence-electron chi connectivity index (χ0n) is 32.5. The highest BCUT2D eigenvalue weighted by atomic mass is 31.1. The molecule has 6 fully saturated rings. The summed E-state index contributed by atoms with van der Waals surface area (Å²) in [4.78, 5) is 0. The van der Waals surface area contributed by atoms with Gasteiger partial charge in [-0.15, -0.1) is 0 Å². The summed E-state index contributed by atoms with van der Waals surface area (Å²) in [5.74, 6) is 3.54. The van der Waals surface area contributed by atoms with Gasteiger partial charge in [0.1, 0.15) is 0 Å². The second-order valence-electron chi connectivity index (χ2n) is 18.5. The van der Waals surface area contributed by atoms with Crippen molar-refractivity contribution in [2.75, 3.05) is 0 Å². The number of H-pyrrole nitrogens is 3. The predicted molar refractivity (Wildman–Crippen MR) is 217 cm³/mol. The van der Waals surface area contributed by atoms with Gasteiger partial charge in [0.05, 0.1) is 17.1 Å². The monoisotopic (exact) mass is 725 g/mol. The largest absolute Gasteiger partial charge is 0.281 e. The van der Waals surface area contributed by atoms with Crippen molar-refractivity contribution in [2.24, 2.45) is 0 Å². The lowest BCUT2D eigenvalue weighted by Gasteiger charge is -2.33. The second-order valence-corrected chi connectivity index (χ2v) is 20.5. The molecule has 6 aliphatic rings. The third-order valence-corrected chi connectivity index (χ3v) is 17.8. The van der Waals surface area contributed by atoms with Crippen LogP contribution in [0.4, 0.5) is 0 Å². The summed E-state index contributed by atoms with van der Waals surface area (Å²) >= 11 is 0. The molecular weight excluding hydrogens is 656 g/mol. The van der Waals surface area contributed by atoms with Crippen molar-refractivity contribution in [2.45, 2.75) is 228 Å². The molecule has 52 heavy (non-hydrogen) atoms. The molecule has 6 nitrogen and oxygen atoms in total. The zero-order chi connectivity index (χ0) is 34.7. The molecule has 0 aromatic carbocycles. The molecule has 6 aliphatic carbocycles. The van der Waals surface area contributed by atoms with E-state index in [0.717, 1.165) is 0 Å². The van der Waals surface area contributed by atoms with Gasteiger partial charge in [-0.25, -0.2) is 0 Å². The first-order valence-corrected chi connectivity index (χ1v) is 24.2. The van der Waals surface area contributed by atoms with Crippen LogP contribution in [0.1, 0.15) is 262 Å². The van der Waals surface area contributed by atoms with E-state index in [1.165, 1.54) is 210 Å². The summed E-state index contributed by atoms with van der Waals surface area (Å²) < 4.78 is 0. The summed E-state index contributed by atoms with van der Waals surface area (Å²) in [7, 11) is -0.890. The molecule has 7 heteroatoms. The molecule has 0 atom stereocenters. The van der Waals surface area contributed by atoms with E-state index < -0.39 is 7.92 Å². The number of hydrogen-bond donors (Lipinski definition) is 3. The van der Waals surface area contributed by atoms with Crippen LogP contribution in [-0.4, -0.2) is 30.6 Å². The molecule has 3 heterocycles. The van der Waals surface area contributed by atoms with E-state index in [2.05, 4.69) is 15.3 Å². The molecule has 3 N–H and O–H groups in total. The van der Waals surface area contributed by atoms with Gasteiger partial charge >= 0.3 is 0 Å². The molecule has 6 saturated carbocycles. The predicted octanol–water partition coefficient (Wildman–Crippen LogP) is 11.9. The summed E-state index contributed by atoms with van der Waals surface area (Å²) in [6.45, 7) is 0. The maximum atomic E-state index is 5.55. The normalized spacial score (nSPS) is 24.6. The highest BCUT2D eigenvalue weighted by molar-refractivity contribution is 7.80. The van der Waals surface area contributed by atoms with Gasteiger partial charge in [-0.3, -0.25) is 15.3 Å². The van der Waals surface area contributed by atoms with Crippen molar-refractivity contribution in [1.82, 2.24) is 30.6 Å². The summed E-state index contributed by atoms with van der Waals surface area (Å²) in [5.41, 5.74) is 9.05. The number of aromatic nitrogens is 6. The van der Waals surface area contributed by atoms with Crippen LogP contribution in [0.25, 0.3) is 0 Å². The molecule has 0 bridgehead atoms. The van der Waals surface area contributed by atoms with Crippen molar-refractivity contribution in [1.29, 1.82) is 0 Å². The van der Waals surface area contributed by atoms with Crippen LogP contribution in [0.15, 0.2) is 0 Å². The Hall–Kier alpha value is -1.94. The summed E-state index contributed by atoms with van der Waals surface area (Å²) in [5, 5.41) is 33.5. The van der Waals surface area contributed by atoms with Crippen molar-refractivity contribution in [3.8, 4) is 0 Å². The molecular formula is C45H69N6P. The number of nitrogens with zero attached hydrogens (tertiary/aromatic N) is 3. The molecule has 3 aromatic heterocycles. The molecule has 0 radical (unpaired) electrons. The van der Waals surface area contributed by atoms with E-state index in [1.54, 1.807) is 33.0 Å². The van der Waals surface area contributed by atoms with E-state index in [0.29, 0.717) is 35.5 Å². The molecule has 9 rings (SSSR count). The minimum Gasteiger partial charge on any atom is -0.281 e. The first-order chi connectivity index (χ1) is 25.8. The van der Waals surface area contributed by atoms with E-state index in [-0.39, 0.29) is 0 Å². The quantitative estimate of drug-likeness (QED) is 0.192. The third kappa shape index (κ3) is 7.26. The van der Waals surface area contributed by atoms with Crippen LogP contribution in [0.2, 0.25) is 0 Å². The molecule has 0 spiro atoms. The summed E-state index contributed by atoms with van der Waals surface area (Å²) in [6, 6.07) is 0. The van der Waals surface area contributed by atoms with Crippen LogP contribution in [0.3, 0.4) is 0 Å². The number of nitrogens with one attached hydrogen (secondary N) is 3. The smallest absolute Gasteiger partial charge is 0.0739 e. The molecule has 284 valence electrons. The van der Waals surface area contributed by atoms with Crippen LogP contribution < -0.4 is 15.9 Å². The molecule has 3 aromatic rings. The van der Waals surface area contributed by atoms with Crippen molar-refractivity contribution in [3.63, 3.8) is 0 Å². The highest BCUT2D eigenvalue weighted by Crippen LogP contribution is 2.51. The van der Waals surface area contributed by atoms with Gasteiger partial charge in [-0.05, 0) is 85.0 Å². The average Bonchev–Trinajstić information content (AvgIpc) is 3.99. The maximum absolute atomic E-state index is 5.55. The van der Waals surface area contributed by atoms with Crippen molar-refractivity contribution >= 4 is 23.8 Å². The minimum atomic E-state index is -0.890. The Morgan fingerprint density at radius 1 is 0.288 bits per heavy atom. The fourth-order valence-corrected chi connectivity index (χ4v) is 15.6. The minimum absolute atomic E-state index is 0.577. The number of aromatic amines is 3. The lowest BCUT2D eigenvalue weighted by Crippen LogP contribution is -2.34. The fraction of sp³-hybridized carbons (Fsp3) is 0.800. The van der Waals surface area contributed by atoms with Crippen LogP contribution in [0.5, 0.6) is 0 Å². The highest BCUT2D eigenvalue weighted by Gasteiger charge is 2.43. The van der Waals surface area contributed by atoms with Crippen molar-refractivity contribution < 1.29 is 0 Å². The first-order valence-electron chi connectivity index (χ1n) is 22.9. The zero-order valence-corrected chi connectivity index (χ0v) is 33.4. The van der Waals surface area contributed by atoms with E-state index >= 15 is 0 Å². The molecule has 0 aliphatic heterocycles. The van der Waals surface area contributed by atoms with Gasteiger partial charge in [0.15, 0.2) is 0 Å². The Labute approximate surface area is 315 Å². The van der Waals surface area contributed by atoms with Gasteiger partial charge in [-0.1, -0.05) is 116 Å². The Kier molecular flexibility index (Phi) is 11.6. The second kappa shape index (κ2) is 16.8. The Morgan fingerprint density at radius 2 is 0.500 bits per heavy atom. The van der Waals surface area contributed by atoms with Gasteiger partial charge in [0.2, 0.25) is 0 Å². The fourth-order valence-electron chi connectivity index (χ4n) is 12.1. The lowest BCUT2D eigenvalue weighted by atomic mass is 9.84. The number of hydrogen-bond acceptors (Lipinski definition) is 3. The first kappa shape index (κ1) is 35.7. The maximum Gasteiger partial charge on any atom is 0.0739 e. The van der Waals surface area contributed by atoms with Crippen LogP contribution in [-0.2, 0) is 0 Å².